The average Bonchev–Trinajstić information content (AvgIpc) is 0.912. The van der Waals surface area contributed by atoms with E-state index < -0.39 is 75.2 Å². The Bertz CT molecular complexity index is 4480. The van der Waals surface area contributed by atoms with Crippen molar-refractivity contribution in [2.75, 3.05) is 61.8 Å². The molecule has 0 radical (unpaired) electrons. The molecule has 4 bridgehead atoms. The number of ether oxygens (including phenoxy) is 2. The molecule has 8 N–H and O–H groups in total. The van der Waals surface area contributed by atoms with Crippen LogP contribution in [0.1, 0.15) is 160 Å². The molecule has 12 rings (SSSR count). The molecule has 4 atom stereocenters. The maximum absolute atomic E-state index is 14.0. The van der Waals surface area contributed by atoms with E-state index in [1.54, 1.807) is 42.6 Å². The van der Waals surface area contributed by atoms with Crippen LogP contribution in [0.15, 0.2) is 97.2 Å². The van der Waals surface area contributed by atoms with E-state index in [9.17, 15) is 66.0 Å². The van der Waals surface area contributed by atoms with Crippen LogP contribution >= 0.6 is 11.3 Å². The zero-order valence-corrected chi connectivity index (χ0v) is 62.6. The Kier molecular flexibility index (Phi) is 24.3. The Morgan fingerprint density at radius 1 is 0.804 bits per heavy atom. The molecule has 0 saturated heterocycles. The number of carboxylic acid groups (broad SMARTS) is 1. The molecule has 570 valence electrons. The molecule has 3 aromatic carbocycles. The number of rotatable bonds is 36. The molecule has 3 aromatic heterocycles. The SMILES string of the molecule is Cc1c(-c2ccc(N3CCc4cccc(C(=O)Nc5nc6ccccc6s5)c4C3)nc2C(=O)O)cnn1CC12CC3(C)CC(C)(C1)CC(OCCN(CCS(=O)(=O)O)C(=O)OCc1ccc(CC(=O)[C@H](CCCNC(N)=O)NC(=O)[C@@H](CC(=O)CCCCCNC(=O)CN4C(=O)C=CC4=O)C(C)C)cc1)(C3)C2. The molecule has 6 aliphatic rings. The van der Waals surface area contributed by atoms with E-state index in [-0.39, 0.29) is 117 Å². The number of nitrogens with one attached hydrogen (secondary N) is 4. The first-order valence-corrected chi connectivity index (χ1v) is 38.9. The van der Waals surface area contributed by atoms with Crippen LogP contribution in [-0.2, 0) is 80.9 Å². The van der Waals surface area contributed by atoms with Crippen molar-refractivity contribution in [3.63, 3.8) is 0 Å². The fraction of sp³-hybridized carbons (Fsp3) is 0.494. The minimum absolute atomic E-state index is 0.0323. The van der Waals surface area contributed by atoms with Crippen LogP contribution in [0, 0.1) is 35.0 Å². The Labute approximate surface area is 625 Å². The molecule has 30 heteroatoms. The smallest absolute Gasteiger partial charge is 0.410 e. The van der Waals surface area contributed by atoms with Gasteiger partial charge in [0.1, 0.15) is 24.8 Å². The third-order valence-electron chi connectivity index (χ3n) is 21.3. The van der Waals surface area contributed by atoms with Gasteiger partial charge in [0.25, 0.3) is 27.8 Å². The zero-order valence-electron chi connectivity index (χ0n) is 61.0. The van der Waals surface area contributed by atoms with Gasteiger partial charge in [0.2, 0.25) is 11.8 Å². The molecule has 2 unspecified atom stereocenters. The lowest BCUT2D eigenvalue weighted by Gasteiger charge is -2.69. The van der Waals surface area contributed by atoms with Crippen LogP contribution in [0.5, 0.6) is 0 Å². The highest BCUT2D eigenvalue weighted by atomic mass is 32.2. The lowest BCUT2D eigenvalue weighted by atomic mass is 9.39. The molecule has 28 nitrogen and oxygen atoms in total. The summed E-state index contributed by atoms with van der Waals surface area (Å²) < 4.78 is 49.8. The lowest BCUT2D eigenvalue weighted by molar-refractivity contribution is -0.248. The van der Waals surface area contributed by atoms with Crippen molar-refractivity contribution < 1.29 is 75.5 Å². The Hall–Kier alpha value is -9.78. The summed E-state index contributed by atoms with van der Waals surface area (Å²) in [4.78, 5) is 143. The normalized spacial score (nSPS) is 20.6. The monoisotopic (exact) mass is 1510 g/mol. The summed E-state index contributed by atoms with van der Waals surface area (Å²) in [6.45, 7) is 11.0. The van der Waals surface area contributed by atoms with Crippen molar-refractivity contribution in [1.82, 2.24) is 45.5 Å². The van der Waals surface area contributed by atoms with Gasteiger partial charge in [-0.2, -0.15) is 13.5 Å². The number of benzene rings is 3. The summed E-state index contributed by atoms with van der Waals surface area (Å²) in [5, 5.41) is 27.2. The van der Waals surface area contributed by atoms with E-state index in [1.807, 2.05) is 72.8 Å². The largest absolute Gasteiger partial charge is 0.476 e. The number of aromatic carboxylic acids is 1. The number of urea groups is 1. The number of Topliss-reactive ketones (excluding diaryl/α,β-unsaturated/α-hetero) is 2. The number of unbranched alkanes of at least 4 members (excludes halogenated alkanes) is 2. The molecule has 0 spiro atoms. The number of thiazole rings is 1. The standard InChI is InChI=1S/C77H94N12O16S2/c1-48(2)56(36-53(90)14-7-6-10-28-79-64(92)39-88-65(93)25-26-66(88)94)69(96)82-59(17-12-29-80-71(78)99)61(91)35-50-19-21-51(22-20-50)40-104-73(100)86(32-34-107(101,102)103)31-33-105-77-44-74(4)41-75(5,45-77)43-76(42-74,46-77)47-89-49(3)57(37-81-89)54-23-24-63(84-67(54)70(97)98)87-30-27-52-13-11-15-55(58(52)38-87)68(95)85-72-83-60-16-8-9-18-62(60)106-72/h8-9,11,13,15-16,18-26,37,48,56,59H,6-7,10,12,14,17,27-36,38-47H2,1-5H3,(H,79,92)(H,82,96)(H,97,98)(H3,78,80,99)(H,83,85,95)(H,101,102,103)/t56-,59-,74?,75?,76?,77?/m0/s1. The minimum Gasteiger partial charge on any atom is -0.476 e. The summed E-state index contributed by atoms with van der Waals surface area (Å²) in [7, 11) is -4.51. The van der Waals surface area contributed by atoms with Gasteiger partial charge in [-0.05, 0) is 152 Å². The predicted molar refractivity (Wildman–Crippen MR) is 398 cm³/mol. The van der Waals surface area contributed by atoms with Crippen molar-refractivity contribution >= 4 is 102 Å². The van der Waals surface area contributed by atoms with Crippen molar-refractivity contribution in [3.8, 4) is 11.1 Å². The fourth-order valence-corrected chi connectivity index (χ4v) is 18.7. The summed E-state index contributed by atoms with van der Waals surface area (Å²) in [6.07, 6.45) is 10.7. The average molecular weight is 1510 g/mol. The highest BCUT2D eigenvalue weighted by Crippen LogP contribution is 2.72. The maximum atomic E-state index is 14.0. The van der Waals surface area contributed by atoms with Gasteiger partial charge in [-0.25, -0.2) is 24.4 Å². The number of hydrogen-bond acceptors (Lipinski definition) is 19. The summed E-state index contributed by atoms with van der Waals surface area (Å²) in [5.41, 5.74) is 10.1. The number of imide groups is 1. The number of ketones is 2. The quantitative estimate of drug-likeness (QED) is 0.0110. The second kappa shape index (κ2) is 33.2. The summed E-state index contributed by atoms with van der Waals surface area (Å²) in [5.74, 6) is -5.34. The van der Waals surface area contributed by atoms with E-state index >= 15 is 0 Å². The first-order chi connectivity index (χ1) is 50.9. The minimum atomic E-state index is -4.51. The number of anilines is 2. The van der Waals surface area contributed by atoms with Crippen molar-refractivity contribution in [2.45, 2.75) is 162 Å². The third-order valence-corrected chi connectivity index (χ3v) is 23.0. The first kappa shape index (κ1) is 78.3. The van der Waals surface area contributed by atoms with Gasteiger partial charge in [-0.1, -0.05) is 94.0 Å². The van der Waals surface area contributed by atoms with Crippen molar-refractivity contribution in [3.05, 3.63) is 136 Å². The first-order valence-electron chi connectivity index (χ1n) is 36.4. The van der Waals surface area contributed by atoms with E-state index in [2.05, 4.69) is 40.1 Å². The number of primary amides is 1. The van der Waals surface area contributed by atoms with Gasteiger partial charge >= 0.3 is 18.1 Å². The van der Waals surface area contributed by atoms with Gasteiger partial charge < -0.3 is 46.1 Å². The lowest BCUT2D eigenvalue weighted by Crippen LogP contribution is -2.64. The Morgan fingerprint density at radius 2 is 1.52 bits per heavy atom. The summed E-state index contributed by atoms with van der Waals surface area (Å²) >= 11 is 1.40. The predicted octanol–water partition coefficient (Wildman–Crippen LogP) is 8.92. The third kappa shape index (κ3) is 19.7. The van der Waals surface area contributed by atoms with Crippen LogP contribution in [-0.4, -0.2) is 170 Å². The second-order valence-electron chi connectivity index (χ2n) is 30.6. The van der Waals surface area contributed by atoms with Gasteiger partial charge in [-0.3, -0.25) is 53.0 Å². The number of fused-ring (bicyclic) bond motifs is 2. The second-order valence-corrected chi connectivity index (χ2v) is 33.2. The van der Waals surface area contributed by atoms with E-state index in [1.165, 1.54) is 16.2 Å². The van der Waals surface area contributed by atoms with Crippen LogP contribution in [0.3, 0.4) is 0 Å². The number of nitrogens with zero attached hydrogens (tertiary/aromatic N) is 7. The molecule has 107 heavy (non-hydrogen) atoms. The molecule has 8 amide bonds. The molecule has 6 aromatic rings. The van der Waals surface area contributed by atoms with Crippen molar-refractivity contribution in [1.29, 1.82) is 0 Å². The molecule has 2 aliphatic heterocycles. The van der Waals surface area contributed by atoms with E-state index in [0.29, 0.717) is 96.9 Å². The number of pyridine rings is 1. The highest BCUT2D eigenvalue weighted by Gasteiger charge is 2.66. The molecular weight excluding hydrogens is 1410 g/mol. The number of carboxylic acids is 1. The van der Waals surface area contributed by atoms with Gasteiger partial charge in [0.15, 0.2) is 16.6 Å². The molecule has 4 saturated carbocycles. The molecule has 4 aliphatic carbocycles. The molecule has 4 fully saturated rings. The fourth-order valence-electron chi connectivity index (χ4n) is 17.4. The van der Waals surface area contributed by atoms with E-state index in [0.717, 1.165) is 76.2 Å². The number of carbonyl (C=O) groups is 10. The van der Waals surface area contributed by atoms with Gasteiger partial charge in [-0.15, -0.1) is 0 Å². The number of amides is 8. The van der Waals surface area contributed by atoms with Gasteiger partial charge in [0, 0.05) is 106 Å². The number of aromatic nitrogens is 4. The van der Waals surface area contributed by atoms with Crippen LogP contribution in [0.25, 0.3) is 21.3 Å². The van der Waals surface area contributed by atoms with Crippen molar-refractivity contribution in [2.24, 2.45) is 33.8 Å². The Balaban J connectivity index is 0.682. The maximum Gasteiger partial charge on any atom is 0.410 e. The topological polar surface area (TPSA) is 391 Å². The summed E-state index contributed by atoms with van der Waals surface area (Å²) in [6, 6.07) is 21.9. The molecular formula is C77H94N12O16S2. The van der Waals surface area contributed by atoms with Crippen LogP contribution < -0.4 is 31.9 Å². The number of para-hydroxylation sites is 1. The molecule has 5 heterocycles. The van der Waals surface area contributed by atoms with Gasteiger partial charge in [0.05, 0.1) is 40.4 Å². The number of hydrogen-bond donors (Lipinski definition) is 7. The zero-order chi connectivity index (χ0) is 76.6. The number of nitrogens with two attached hydrogens (primary N) is 1. The van der Waals surface area contributed by atoms with Crippen LogP contribution in [0.4, 0.5) is 20.5 Å². The highest BCUT2D eigenvalue weighted by molar-refractivity contribution is 7.85. The van der Waals surface area contributed by atoms with Crippen LogP contribution in [0.2, 0.25) is 0 Å². The Morgan fingerprint density at radius 3 is 2.22 bits per heavy atom. The number of carbonyl (C=O) groups excluding carboxylic acids is 9. The van der Waals surface area contributed by atoms with E-state index in [4.69, 9.17) is 25.3 Å².